The lowest BCUT2D eigenvalue weighted by molar-refractivity contribution is -0.144. The Balaban J connectivity index is 0.763. The largest absolute Gasteiger partial charge is 0.457 e. The highest BCUT2D eigenvalue weighted by Crippen LogP contribution is 2.38. The summed E-state index contributed by atoms with van der Waals surface area (Å²) >= 11 is 2.96. The number of ether oxygens (including phenoxy) is 2. The Morgan fingerprint density at radius 2 is 1.61 bits per heavy atom. The molecule has 4 atom stereocenters. The molecule has 0 spiro atoms. The van der Waals surface area contributed by atoms with Crippen LogP contribution in [0.4, 0.5) is 10.9 Å². The van der Waals surface area contributed by atoms with Crippen molar-refractivity contribution in [3.8, 4) is 33.1 Å². The summed E-state index contributed by atoms with van der Waals surface area (Å²) in [6.07, 6.45) is 2.84. The molecule has 2 unspecified atom stereocenters. The number of aromatic nitrogens is 4. The predicted octanol–water partition coefficient (Wildman–Crippen LogP) is 11.7. The fourth-order valence-electron chi connectivity index (χ4n) is 10.8. The minimum absolute atomic E-state index is 0.0319. The molecule has 1 fully saturated rings. The molecule has 2 aliphatic rings. The molecule has 19 heteroatoms. The number of para-hydroxylation sites is 1. The van der Waals surface area contributed by atoms with Crippen molar-refractivity contribution in [1.29, 1.82) is 0 Å². The molecule has 6 heterocycles. The van der Waals surface area contributed by atoms with Crippen LogP contribution in [-0.4, -0.2) is 96.4 Å². The highest BCUT2D eigenvalue weighted by molar-refractivity contribution is 7.22. The van der Waals surface area contributed by atoms with Crippen molar-refractivity contribution >= 4 is 73.4 Å². The molecule has 440 valence electrons. The summed E-state index contributed by atoms with van der Waals surface area (Å²) in [6, 6.07) is 32.1. The summed E-state index contributed by atoms with van der Waals surface area (Å²) in [5, 5.41) is 20.3. The van der Waals surface area contributed by atoms with E-state index in [9.17, 15) is 29.1 Å². The Morgan fingerprint density at radius 1 is 0.835 bits per heavy atom. The van der Waals surface area contributed by atoms with Gasteiger partial charge >= 0.3 is 5.97 Å². The number of nitrogens with zero attached hydrogens (tertiary/aromatic N) is 6. The van der Waals surface area contributed by atoms with E-state index < -0.39 is 53.0 Å². The zero-order valence-corrected chi connectivity index (χ0v) is 51.0. The number of carbonyl (C=O) groups excluding carboxylic acids is 5. The number of amides is 4. The number of aliphatic hydroxyl groups is 1. The Kier molecular flexibility index (Phi) is 17.6. The van der Waals surface area contributed by atoms with Crippen LogP contribution < -0.4 is 25.6 Å². The molecule has 4 aromatic carbocycles. The van der Waals surface area contributed by atoms with Gasteiger partial charge in [-0.1, -0.05) is 86.7 Å². The highest BCUT2D eigenvalue weighted by atomic mass is 32.1. The van der Waals surface area contributed by atoms with Crippen molar-refractivity contribution in [1.82, 2.24) is 35.5 Å². The number of pyridine rings is 2. The zero-order valence-electron chi connectivity index (χ0n) is 49.3. The van der Waals surface area contributed by atoms with Crippen LogP contribution in [0.2, 0.25) is 0 Å². The standard InChI is InChI=1S/C66H71N9O8S2/c1-38-46(47-28-30-55(71-57(47)63(81)83-66(7,8)9)74-32-31-42-16-13-18-48(49(42)36-74)60(78)73-64-70-51-19-10-11-21-54(51)85-64)17-14-20-53(38)82-45-26-23-41(24-27-45)15-12-22-56(77)72-59(65(4,5)6)62(80)75-35-44(76)33-52(75)61(79)69-39(2)50-29-25-43(34-67-50)58-40(3)68-37-84-58/h10-11,13-14,16-21,23-30,34,37,39,44,52,59,76H,12,15,22,31-33,35-36H2,1-9H3,(H,69,79)(H,72,77)(H,70,73,78)/t39?,44-,52+,59?/m1/s1. The number of likely N-dealkylation sites (tertiary alicyclic amines) is 1. The molecule has 10 rings (SSSR count). The van der Waals surface area contributed by atoms with Crippen molar-refractivity contribution in [3.05, 3.63) is 166 Å². The van der Waals surface area contributed by atoms with Crippen LogP contribution in [-0.2, 0) is 38.5 Å². The fraction of sp³-hybridized carbons (Fsp3) is 0.348. The summed E-state index contributed by atoms with van der Waals surface area (Å²) in [7, 11) is 0. The van der Waals surface area contributed by atoms with Crippen molar-refractivity contribution < 1.29 is 38.6 Å². The molecule has 0 saturated carbocycles. The minimum Gasteiger partial charge on any atom is -0.457 e. The van der Waals surface area contributed by atoms with E-state index in [0.29, 0.717) is 71.6 Å². The lowest BCUT2D eigenvalue weighted by Gasteiger charge is -2.35. The lowest BCUT2D eigenvalue weighted by Crippen LogP contribution is -2.57. The van der Waals surface area contributed by atoms with E-state index in [-0.39, 0.29) is 36.9 Å². The van der Waals surface area contributed by atoms with Gasteiger partial charge in [0.2, 0.25) is 17.7 Å². The number of carbonyl (C=O) groups is 5. The van der Waals surface area contributed by atoms with Crippen molar-refractivity contribution in [2.75, 3.05) is 23.3 Å². The van der Waals surface area contributed by atoms with Gasteiger partial charge < -0.3 is 35.0 Å². The summed E-state index contributed by atoms with van der Waals surface area (Å²) < 4.78 is 13.4. The number of rotatable bonds is 17. The van der Waals surface area contributed by atoms with Crippen LogP contribution in [0.15, 0.2) is 121 Å². The highest BCUT2D eigenvalue weighted by Gasteiger charge is 2.45. The molecule has 0 bridgehead atoms. The number of aliphatic hydroxyl groups excluding tert-OH is 1. The lowest BCUT2D eigenvalue weighted by atomic mass is 9.85. The van der Waals surface area contributed by atoms with Gasteiger partial charge in [0, 0.05) is 55.4 Å². The molecule has 0 radical (unpaired) electrons. The van der Waals surface area contributed by atoms with Crippen LogP contribution in [0.3, 0.4) is 0 Å². The number of hydrogen-bond donors (Lipinski definition) is 4. The van der Waals surface area contributed by atoms with Gasteiger partial charge in [0.05, 0.1) is 44.1 Å². The molecule has 4 aromatic heterocycles. The second kappa shape index (κ2) is 25.1. The molecule has 2 aliphatic heterocycles. The first kappa shape index (κ1) is 59.8. The Morgan fingerprint density at radius 3 is 2.33 bits per heavy atom. The van der Waals surface area contributed by atoms with E-state index in [2.05, 4.69) is 35.8 Å². The number of thiazole rings is 2. The normalized spacial score (nSPS) is 15.9. The fourth-order valence-corrected chi connectivity index (χ4v) is 12.5. The van der Waals surface area contributed by atoms with Crippen LogP contribution in [0, 0.1) is 19.3 Å². The number of fused-ring (bicyclic) bond motifs is 2. The number of aryl methyl sites for hydroxylation is 2. The van der Waals surface area contributed by atoms with Gasteiger partial charge in [-0.25, -0.2) is 19.7 Å². The van der Waals surface area contributed by atoms with Crippen molar-refractivity contribution in [2.24, 2.45) is 5.41 Å². The molecular formula is C66H71N9O8S2. The number of esters is 1. The topological polar surface area (TPSA) is 218 Å². The molecule has 4 N–H and O–H groups in total. The second-order valence-electron chi connectivity index (χ2n) is 23.9. The summed E-state index contributed by atoms with van der Waals surface area (Å²) in [4.78, 5) is 92.7. The molecule has 0 aliphatic carbocycles. The maximum atomic E-state index is 14.3. The Hall–Kier alpha value is -8.39. The number of β-amino-alcohol motifs (C(OH)–C–C–N with tert-alkyl or cyclic N) is 1. The predicted molar refractivity (Wildman–Crippen MR) is 332 cm³/mol. The smallest absolute Gasteiger partial charge is 0.358 e. The van der Waals surface area contributed by atoms with E-state index in [0.717, 1.165) is 54.2 Å². The summed E-state index contributed by atoms with van der Waals surface area (Å²) in [5.41, 5.74) is 9.39. The van der Waals surface area contributed by atoms with Crippen LogP contribution in [0.5, 0.6) is 11.5 Å². The van der Waals surface area contributed by atoms with Gasteiger partial charge in [0.25, 0.3) is 5.91 Å². The van der Waals surface area contributed by atoms with Crippen LogP contribution in [0.25, 0.3) is 31.8 Å². The van der Waals surface area contributed by atoms with Gasteiger partial charge in [-0.15, -0.1) is 11.3 Å². The molecule has 8 aromatic rings. The van der Waals surface area contributed by atoms with Gasteiger partial charge in [-0.05, 0) is 149 Å². The van der Waals surface area contributed by atoms with E-state index >= 15 is 0 Å². The van der Waals surface area contributed by atoms with E-state index in [1.807, 2.05) is 172 Å². The van der Waals surface area contributed by atoms with E-state index in [4.69, 9.17) is 14.5 Å². The quantitative estimate of drug-likeness (QED) is 0.0625. The monoisotopic (exact) mass is 1180 g/mol. The molecule has 1 saturated heterocycles. The van der Waals surface area contributed by atoms with E-state index in [1.54, 1.807) is 11.7 Å². The van der Waals surface area contributed by atoms with Gasteiger partial charge in [-0.2, -0.15) is 0 Å². The average Bonchev–Trinajstić information content (AvgIpc) is 3.28. The number of benzene rings is 4. The molecule has 85 heavy (non-hydrogen) atoms. The maximum Gasteiger partial charge on any atom is 0.358 e. The first-order chi connectivity index (χ1) is 40.6. The third-order valence-corrected chi connectivity index (χ3v) is 17.2. The van der Waals surface area contributed by atoms with Crippen molar-refractivity contribution in [3.63, 3.8) is 0 Å². The van der Waals surface area contributed by atoms with Crippen LogP contribution in [0.1, 0.15) is 128 Å². The first-order valence-electron chi connectivity index (χ1n) is 28.7. The van der Waals surface area contributed by atoms with Crippen molar-refractivity contribution in [2.45, 2.75) is 131 Å². The second-order valence-corrected chi connectivity index (χ2v) is 25.8. The number of anilines is 2. The number of nitrogens with one attached hydrogen (secondary N) is 3. The number of hydrogen-bond acceptors (Lipinski definition) is 15. The summed E-state index contributed by atoms with van der Waals surface area (Å²) in [6.45, 7) is 17.7. The Labute approximate surface area is 503 Å². The van der Waals surface area contributed by atoms with Crippen LogP contribution >= 0.6 is 22.7 Å². The maximum absolute atomic E-state index is 14.3. The third-order valence-electron chi connectivity index (χ3n) is 15.3. The van der Waals surface area contributed by atoms with Gasteiger partial charge in [0.15, 0.2) is 10.8 Å². The molecular weight excluding hydrogens is 1110 g/mol. The van der Waals surface area contributed by atoms with Gasteiger partial charge in [-0.3, -0.25) is 29.5 Å². The molecule has 17 nitrogen and oxygen atoms in total. The SMILES string of the molecule is Cc1ncsc1-c1ccc(C(C)NC(=O)[C@@H]2C[C@@H](O)CN2C(=O)C(NC(=O)CCCc2ccc(Oc3cccc(-c4ccc(N5CCc6cccc(C(=O)Nc7nc8ccccc8s7)c6C5)nc4C(=O)OC(C)(C)C)c3C)cc2)C(C)(C)C)nc1. The Bertz CT molecular complexity index is 3760. The molecule has 4 amide bonds. The average molecular weight is 1180 g/mol. The zero-order chi connectivity index (χ0) is 60.3. The third kappa shape index (κ3) is 13.9. The van der Waals surface area contributed by atoms with Gasteiger partial charge in [0.1, 0.15) is 35.0 Å². The minimum atomic E-state index is -0.952. The summed E-state index contributed by atoms with van der Waals surface area (Å²) in [5.74, 6) is -0.186. The first-order valence-corrected chi connectivity index (χ1v) is 30.3. The van der Waals surface area contributed by atoms with E-state index in [1.165, 1.54) is 27.6 Å².